The maximum absolute atomic E-state index is 10.2. The zero-order valence-electron chi connectivity index (χ0n) is 8.29. The Labute approximate surface area is 78.8 Å². The molecule has 0 unspecified atom stereocenters. The normalized spacial score (nSPS) is 10.3. The summed E-state index contributed by atoms with van der Waals surface area (Å²) >= 11 is 0. The van der Waals surface area contributed by atoms with Crippen LogP contribution in [0.3, 0.4) is 0 Å². The molecule has 1 rings (SSSR count). The number of carbonyl (C=O) groups excluding carboxylic acids is 1. The van der Waals surface area contributed by atoms with Gasteiger partial charge in [0.1, 0.15) is 6.29 Å². The van der Waals surface area contributed by atoms with E-state index in [4.69, 9.17) is 0 Å². The third kappa shape index (κ3) is 2.41. The Balaban J connectivity index is 2.77. The van der Waals surface area contributed by atoms with Crippen LogP contribution in [-0.2, 0) is 24.2 Å². The van der Waals surface area contributed by atoms with Gasteiger partial charge < -0.3 is 4.79 Å². The van der Waals surface area contributed by atoms with Crippen LogP contribution in [-0.4, -0.2) is 16.1 Å². The smallest absolute Gasteiger partial charge is 0.121 e. The Morgan fingerprint density at radius 3 is 2.77 bits per heavy atom. The van der Waals surface area contributed by atoms with E-state index in [1.165, 1.54) is 5.69 Å². The van der Waals surface area contributed by atoms with E-state index < -0.39 is 0 Å². The molecule has 0 radical (unpaired) electrons. The molecule has 0 saturated carbocycles. The minimum atomic E-state index is 0.553. The Morgan fingerprint density at radius 2 is 2.23 bits per heavy atom. The second kappa shape index (κ2) is 4.80. The molecule has 0 amide bonds. The molecule has 3 nitrogen and oxygen atoms in total. The highest BCUT2D eigenvalue weighted by Crippen LogP contribution is 2.06. The quantitative estimate of drug-likeness (QED) is 0.645. The Morgan fingerprint density at radius 1 is 1.46 bits per heavy atom. The topological polar surface area (TPSA) is 34.9 Å². The highest BCUT2D eigenvalue weighted by Gasteiger charge is 2.03. The minimum absolute atomic E-state index is 0.553. The Bertz CT molecular complexity index is 278. The number of aryl methyl sites for hydroxylation is 3. The van der Waals surface area contributed by atoms with E-state index >= 15 is 0 Å². The number of rotatable bonds is 5. The standard InChI is InChI=1S/C10H16N2O/c1-3-9-8-10(4-2)12(11-9)6-5-7-13/h7-8H,3-6H2,1-2H3. The fraction of sp³-hybridized carbons (Fsp3) is 0.600. The van der Waals surface area contributed by atoms with Crippen molar-refractivity contribution in [1.29, 1.82) is 0 Å². The van der Waals surface area contributed by atoms with Gasteiger partial charge in [-0.15, -0.1) is 0 Å². The first-order valence-electron chi connectivity index (χ1n) is 4.81. The summed E-state index contributed by atoms with van der Waals surface area (Å²) in [6, 6.07) is 2.12. The van der Waals surface area contributed by atoms with Crippen LogP contribution in [0.15, 0.2) is 6.07 Å². The lowest BCUT2D eigenvalue weighted by Gasteiger charge is -2.01. The fourth-order valence-corrected chi connectivity index (χ4v) is 1.34. The van der Waals surface area contributed by atoms with Gasteiger partial charge in [0.2, 0.25) is 0 Å². The maximum Gasteiger partial charge on any atom is 0.121 e. The van der Waals surface area contributed by atoms with Crippen LogP contribution in [0.4, 0.5) is 0 Å². The SMILES string of the molecule is CCc1cc(CC)n(CCC=O)n1. The summed E-state index contributed by atoms with van der Waals surface area (Å²) in [6.45, 7) is 4.91. The number of carbonyl (C=O) groups is 1. The number of aromatic nitrogens is 2. The van der Waals surface area contributed by atoms with Gasteiger partial charge in [-0.2, -0.15) is 5.10 Å². The predicted molar refractivity (Wildman–Crippen MR) is 51.7 cm³/mol. The summed E-state index contributed by atoms with van der Waals surface area (Å²) < 4.78 is 1.94. The molecule has 3 heteroatoms. The fourth-order valence-electron chi connectivity index (χ4n) is 1.34. The van der Waals surface area contributed by atoms with Crippen LogP contribution in [0.25, 0.3) is 0 Å². The van der Waals surface area contributed by atoms with Crippen molar-refractivity contribution in [3.8, 4) is 0 Å². The van der Waals surface area contributed by atoms with Crippen molar-refractivity contribution in [1.82, 2.24) is 9.78 Å². The molecule has 0 fully saturated rings. The lowest BCUT2D eigenvalue weighted by molar-refractivity contribution is -0.108. The van der Waals surface area contributed by atoms with Crippen LogP contribution >= 0.6 is 0 Å². The van der Waals surface area contributed by atoms with Crippen molar-refractivity contribution in [2.45, 2.75) is 39.7 Å². The molecule has 0 aromatic carbocycles. The summed E-state index contributed by atoms with van der Waals surface area (Å²) in [6.07, 6.45) is 3.43. The molecule has 0 atom stereocenters. The van der Waals surface area contributed by atoms with Crippen molar-refractivity contribution >= 4 is 6.29 Å². The first-order chi connectivity index (χ1) is 6.31. The molecule has 0 aliphatic heterocycles. The number of aldehydes is 1. The largest absolute Gasteiger partial charge is 0.303 e. The van der Waals surface area contributed by atoms with E-state index in [9.17, 15) is 4.79 Å². The molecule has 0 aliphatic carbocycles. The monoisotopic (exact) mass is 180 g/mol. The van der Waals surface area contributed by atoms with Gasteiger partial charge in [-0.05, 0) is 18.9 Å². The van der Waals surface area contributed by atoms with Crippen LogP contribution in [0.1, 0.15) is 31.7 Å². The lowest BCUT2D eigenvalue weighted by atomic mass is 10.2. The zero-order valence-corrected chi connectivity index (χ0v) is 8.29. The van der Waals surface area contributed by atoms with Crippen LogP contribution in [0, 0.1) is 0 Å². The molecule has 0 aliphatic rings. The van der Waals surface area contributed by atoms with Crippen molar-refractivity contribution < 1.29 is 4.79 Å². The highest BCUT2D eigenvalue weighted by molar-refractivity contribution is 5.48. The van der Waals surface area contributed by atoms with E-state index in [0.717, 1.165) is 24.8 Å². The second-order valence-electron chi connectivity index (χ2n) is 3.01. The summed E-state index contributed by atoms with van der Waals surface area (Å²) in [7, 11) is 0. The summed E-state index contributed by atoms with van der Waals surface area (Å²) in [5.41, 5.74) is 2.33. The summed E-state index contributed by atoms with van der Waals surface area (Å²) in [5.74, 6) is 0. The summed E-state index contributed by atoms with van der Waals surface area (Å²) in [5, 5.41) is 4.39. The molecule has 72 valence electrons. The third-order valence-corrected chi connectivity index (χ3v) is 2.10. The average Bonchev–Trinajstić information content (AvgIpc) is 2.57. The molecule has 0 spiro atoms. The highest BCUT2D eigenvalue weighted by atomic mass is 16.1. The molecule has 1 aromatic heterocycles. The minimum Gasteiger partial charge on any atom is -0.303 e. The van der Waals surface area contributed by atoms with Gasteiger partial charge in [0.15, 0.2) is 0 Å². The first kappa shape index (κ1) is 9.96. The Hall–Kier alpha value is -1.12. The van der Waals surface area contributed by atoms with E-state index in [2.05, 4.69) is 25.0 Å². The molecule has 0 N–H and O–H groups in total. The lowest BCUT2D eigenvalue weighted by Crippen LogP contribution is -2.04. The van der Waals surface area contributed by atoms with E-state index in [-0.39, 0.29) is 0 Å². The zero-order chi connectivity index (χ0) is 9.68. The first-order valence-corrected chi connectivity index (χ1v) is 4.81. The molecule has 1 heterocycles. The van der Waals surface area contributed by atoms with Gasteiger partial charge >= 0.3 is 0 Å². The molecular formula is C10H16N2O. The van der Waals surface area contributed by atoms with Crippen LogP contribution in [0.5, 0.6) is 0 Å². The number of hydrogen-bond donors (Lipinski definition) is 0. The van der Waals surface area contributed by atoms with Gasteiger partial charge in [0.25, 0.3) is 0 Å². The van der Waals surface area contributed by atoms with Crippen molar-refractivity contribution in [2.24, 2.45) is 0 Å². The van der Waals surface area contributed by atoms with Gasteiger partial charge in [-0.3, -0.25) is 4.68 Å². The predicted octanol–water partition coefficient (Wildman–Crippen LogP) is 1.60. The van der Waals surface area contributed by atoms with Crippen molar-refractivity contribution in [2.75, 3.05) is 0 Å². The summed E-state index contributed by atoms with van der Waals surface area (Å²) in [4.78, 5) is 10.2. The second-order valence-corrected chi connectivity index (χ2v) is 3.01. The molecule has 0 saturated heterocycles. The van der Waals surface area contributed by atoms with Gasteiger partial charge in [-0.25, -0.2) is 0 Å². The number of nitrogens with zero attached hydrogens (tertiary/aromatic N) is 2. The number of hydrogen-bond acceptors (Lipinski definition) is 2. The van der Waals surface area contributed by atoms with Gasteiger partial charge in [0.05, 0.1) is 5.69 Å². The molecule has 13 heavy (non-hydrogen) atoms. The molecule has 0 bridgehead atoms. The van der Waals surface area contributed by atoms with Gasteiger partial charge in [-0.1, -0.05) is 13.8 Å². The van der Waals surface area contributed by atoms with E-state index in [0.29, 0.717) is 13.0 Å². The third-order valence-electron chi connectivity index (χ3n) is 2.10. The molecular weight excluding hydrogens is 164 g/mol. The molecule has 1 aromatic rings. The van der Waals surface area contributed by atoms with E-state index in [1.54, 1.807) is 0 Å². The van der Waals surface area contributed by atoms with Crippen LogP contribution in [0.2, 0.25) is 0 Å². The average molecular weight is 180 g/mol. The van der Waals surface area contributed by atoms with Crippen LogP contribution < -0.4 is 0 Å². The maximum atomic E-state index is 10.2. The van der Waals surface area contributed by atoms with Gasteiger partial charge in [0, 0.05) is 18.7 Å². The van der Waals surface area contributed by atoms with Crippen molar-refractivity contribution in [3.63, 3.8) is 0 Å². The van der Waals surface area contributed by atoms with Crippen molar-refractivity contribution in [3.05, 3.63) is 17.5 Å². The van der Waals surface area contributed by atoms with E-state index in [1.807, 2.05) is 4.68 Å². The Kier molecular flexibility index (Phi) is 3.68.